The van der Waals surface area contributed by atoms with Gasteiger partial charge in [-0.05, 0) is 6.42 Å². The Balaban J connectivity index is 2.81. The van der Waals surface area contributed by atoms with E-state index in [1.165, 1.54) is 12.8 Å². The Morgan fingerprint density at radius 1 is 1.07 bits per heavy atom. The first kappa shape index (κ1) is 15.2. The van der Waals surface area contributed by atoms with E-state index in [-0.39, 0.29) is 0 Å². The highest BCUT2D eigenvalue weighted by Gasteiger charge is 1.90. The zero-order valence-corrected chi connectivity index (χ0v) is 10.9. The minimum atomic E-state index is 0.836. The van der Waals surface area contributed by atoms with Crippen molar-refractivity contribution in [3.05, 3.63) is 0 Å². The van der Waals surface area contributed by atoms with Crippen LogP contribution < -0.4 is 5.32 Å². The van der Waals surface area contributed by atoms with E-state index in [0.29, 0.717) is 0 Å². The summed E-state index contributed by atoms with van der Waals surface area (Å²) in [5.74, 6) is 2.24. The lowest BCUT2D eigenvalue weighted by molar-refractivity contribution is 0.133. The Labute approximate surface area is 98.3 Å². The van der Waals surface area contributed by atoms with Gasteiger partial charge in [0.05, 0.1) is 13.2 Å². The lowest BCUT2D eigenvalue weighted by atomic mass is 10.4. The number of thioether (sulfide) groups is 1. The maximum atomic E-state index is 5.43. The minimum absolute atomic E-state index is 0.836. The second kappa shape index (κ2) is 14.2. The molecule has 0 fully saturated rings. The Morgan fingerprint density at radius 3 is 2.67 bits per heavy atom. The number of hydrogen-bond donors (Lipinski definition) is 1. The van der Waals surface area contributed by atoms with Crippen LogP contribution in [0.5, 0.6) is 0 Å². The number of ether oxygens (including phenoxy) is 2. The molecule has 0 spiro atoms. The molecule has 92 valence electrons. The fraction of sp³-hybridized carbons (Fsp3) is 1.00. The third-order valence-corrected chi connectivity index (χ3v) is 2.87. The molecule has 0 aromatic carbocycles. The molecule has 1 N–H and O–H groups in total. The molecule has 15 heavy (non-hydrogen) atoms. The summed E-state index contributed by atoms with van der Waals surface area (Å²) in [6.07, 6.45) is 2.39. The minimum Gasteiger partial charge on any atom is -0.384 e. The normalized spacial score (nSPS) is 10.8. The first-order valence-corrected chi connectivity index (χ1v) is 6.92. The van der Waals surface area contributed by atoms with E-state index < -0.39 is 0 Å². The highest BCUT2D eigenvalue weighted by Crippen LogP contribution is 1.96. The van der Waals surface area contributed by atoms with Crippen LogP contribution in [0.4, 0.5) is 0 Å². The highest BCUT2D eigenvalue weighted by atomic mass is 32.2. The van der Waals surface area contributed by atoms with Crippen LogP contribution in [0.3, 0.4) is 0 Å². The van der Waals surface area contributed by atoms with Crippen LogP contribution in [0, 0.1) is 0 Å². The van der Waals surface area contributed by atoms with Crippen molar-refractivity contribution in [1.82, 2.24) is 5.32 Å². The molecule has 0 amide bonds. The fourth-order valence-corrected chi connectivity index (χ4v) is 1.78. The van der Waals surface area contributed by atoms with Crippen molar-refractivity contribution >= 4 is 11.8 Å². The molecule has 0 aliphatic carbocycles. The number of nitrogens with one attached hydrogen (secondary N) is 1. The molecule has 4 heteroatoms. The molecule has 0 saturated carbocycles. The van der Waals surface area contributed by atoms with Crippen molar-refractivity contribution in [2.75, 3.05) is 51.5 Å². The average Bonchev–Trinajstić information content (AvgIpc) is 2.26. The van der Waals surface area contributed by atoms with Crippen LogP contribution in [-0.2, 0) is 9.47 Å². The van der Waals surface area contributed by atoms with Gasteiger partial charge in [-0.25, -0.2) is 0 Å². The topological polar surface area (TPSA) is 30.5 Å². The molecule has 0 unspecified atom stereocenters. The molecule has 3 nitrogen and oxygen atoms in total. The van der Waals surface area contributed by atoms with E-state index in [9.17, 15) is 0 Å². The van der Waals surface area contributed by atoms with Gasteiger partial charge in [0.25, 0.3) is 0 Å². The summed E-state index contributed by atoms with van der Waals surface area (Å²) in [6, 6.07) is 0. The van der Waals surface area contributed by atoms with E-state index in [0.717, 1.165) is 44.4 Å². The second-order valence-electron chi connectivity index (χ2n) is 3.32. The van der Waals surface area contributed by atoms with E-state index >= 15 is 0 Å². The molecule has 0 aromatic rings. The lowest BCUT2D eigenvalue weighted by Gasteiger charge is -2.05. The SMILES string of the molecule is CCCCOCCNCCSCCOC. The third-order valence-electron chi connectivity index (χ3n) is 1.92. The summed E-state index contributed by atoms with van der Waals surface area (Å²) in [5, 5.41) is 3.35. The zero-order valence-electron chi connectivity index (χ0n) is 10.1. The van der Waals surface area contributed by atoms with E-state index in [4.69, 9.17) is 9.47 Å². The molecule has 0 atom stereocenters. The molecule has 0 heterocycles. The molecule has 0 aliphatic rings. The quantitative estimate of drug-likeness (QED) is 0.522. The predicted molar refractivity (Wildman–Crippen MR) is 67.8 cm³/mol. The molecule has 0 radical (unpaired) electrons. The lowest BCUT2D eigenvalue weighted by Crippen LogP contribution is -2.22. The molecule has 0 aromatic heterocycles. The van der Waals surface area contributed by atoms with Gasteiger partial charge in [-0.2, -0.15) is 11.8 Å². The van der Waals surface area contributed by atoms with Crippen molar-refractivity contribution < 1.29 is 9.47 Å². The summed E-state index contributed by atoms with van der Waals surface area (Å²) in [5.41, 5.74) is 0. The Bertz CT molecular complexity index is 103. The van der Waals surface area contributed by atoms with Crippen LogP contribution in [0.1, 0.15) is 19.8 Å². The van der Waals surface area contributed by atoms with Crippen LogP contribution in [0.2, 0.25) is 0 Å². The van der Waals surface area contributed by atoms with Crippen LogP contribution >= 0.6 is 11.8 Å². The van der Waals surface area contributed by atoms with Crippen molar-refractivity contribution in [3.8, 4) is 0 Å². The van der Waals surface area contributed by atoms with Crippen LogP contribution in [0.25, 0.3) is 0 Å². The second-order valence-corrected chi connectivity index (χ2v) is 4.55. The standard InChI is InChI=1S/C11H25NO2S/c1-3-4-7-14-8-5-12-6-10-15-11-9-13-2/h12H,3-11H2,1-2H3. The maximum absolute atomic E-state index is 5.43. The van der Waals surface area contributed by atoms with Gasteiger partial charge in [0.1, 0.15) is 0 Å². The van der Waals surface area contributed by atoms with Gasteiger partial charge in [0.15, 0.2) is 0 Å². The molecular formula is C11H25NO2S. The predicted octanol–water partition coefficient (Wildman–Crippen LogP) is 1.77. The van der Waals surface area contributed by atoms with Crippen molar-refractivity contribution in [3.63, 3.8) is 0 Å². The average molecular weight is 235 g/mol. The summed E-state index contributed by atoms with van der Waals surface area (Å²) < 4.78 is 10.4. The van der Waals surface area contributed by atoms with Gasteiger partial charge in [0.2, 0.25) is 0 Å². The number of hydrogen-bond acceptors (Lipinski definition) is 4. The Morgan fingerprint density at radius 2 is 1.93 bits per heavy atom. The van der Waals surface area contributed by atoms with E-state index in [1.54, 1.807) is 7.11 Å². The molecule has 0 saturated heterocycles. The summed E-state index contributed by atoms with van der Waals surface area (Å²) >= 11 is 1.92. The van der Waals surface area contributed by atoms with Gasteiger partial charge in [0, 0.05) is 38.3 Å². The number of unbranched alkanes of at least 4 members (excludes halogenated alkanes) is 1. The largest absolute Gasteiger partial charge is 0.384 e. The Hall–Kier alpha value is 0.230. The smallest absolute Gasteiger partial charge is 0.0590 e. The van der Waals surface area contributed by atoms with Crippen molar-refractivity contribution in [2.45, 2.75) is 19.8 Å². The van der Waals surface area contributed by atoms with Crippen molar-refractivity contribution in [2.24, 2.45) is 0 Å². The molecular weight excluding hydrogens is 210 g/mol. The van der Waals surface area contributed by atoms with Gasteiger partial charge in [-0.1, -0.05) is 13.3 Å². The van der Waals surface area contributed by atoms with Crippen LogP contribution in [0.15, 0.2) is 0 Å². The van der Waals surface area contributed by atoms with Crippen molar-refractivity contribution in [1.29, 1.82) is 0 Å². The first-order chi connectivity index (χ1) is 7.41. The summed E-state index contributed by atoms with van der Waals surface area (Å²) in [7, 11) is 1.74. The van der Waals surface area contributed by atoms with E-state index in [2.05, 4.69) is 12.2 Å². The number of methoxy groups -OCH3 is 1. The Kier molecular flexibility index (Phi) is 14.4. The molecule has 0 aliphatic heterocycles. The monoisotopic (exact) mass is 235 g/mol. The third kappa shape index (κ3) is 14.2. The zero-order chi connectivity index (χ0) is 11.2. The maximum Gasteiger partial charge on any atom is 0.0590 e. The number of rotatable bonds is 12. The van der Waals surface area contributed by atoms with Crippen LogP contribution in [-0.4, -0.2) is 51.5 Å². The van der Waals surface area contributed by atoms with Gasteiger partial charge in [-0.3, -0.25) is 0 Å². The fourth-order valence-electron chi connectivity index (χ4n) is 1.01. The summed E-state index contributed by atoms with van der Waals surface area (Å²) in [4.78, 5) is 0. The van der Waals surface area contributed by atoms with Gasteiger partial charge in [-0.15, -0.1) is 0 Å². The molecule has 0 bridgehead atoms. The van der Waals surface area contributed by atoms with E-state index in [1.807, 2.05) is 11.8 Å². The van der Waals surface area contributed by atoms with Gasteiger partial charge < -0.3 is 14.8 Å². The molecule has 0 rings (SSSR count). The summed E-state index contributed by atoms with van der Waals surface area (Å²) in [6.45, 7) is 6.80. The highest BCUT2D eigenvalue weighted by molar-refractivity contribution is 7.99. The van der Waals surface area contributed by atoms with Gasteiger partial charge >= 0.3 is 0 Å². The first-order valence-electron chi connectivity index (χ1n) is 5.77.